The van der Waals surface area contributed by atoms with Crippen LogP contribution >= 0.6 is 22.7 Å². The van der Waals surface area contributed by atoms with Crippen LogP contribution in [0.15, 0.2) is 388 Å². The van der Waals surface area contributed by atoms with E-state index < -0.39 is 0 Å². The fraction of sp³-hybridized carbons (Fsp3) is 0. The van der Waals surface area contributed by atoms with Crippen LogP contribution in [0.3, 0.4) is 0 Å². The van der Waals surface area contributed by atoms with Crippen LogP contribution in [-0.2, 0) is 0 Å². The fourth-order valence-electron chi connectivity index (χ4n) is 18.0. The van der Waals surface area contributed by atoms with Gasteiger partial charge in [-0.15, -0.1) is 22.7 Å². The molecule has 0 N–H and O–H groups in total. The van der Waals surface area contributed by atoms with Crippen LogP contribution in [0, 0.1) is 0 Å². The number of para-hydroxylation sites is 2. The number of fused-ring (bicyclic) bond motifs is 22. The van der Waals surface area contributed by atoms with Gasteiger partial charge in [0.05, 0.1) is 60.2 Å². The summed E-state index contributed by atoms with van der Waals surface area (Å²) in [7, 11) is 0. The predicted octanol–water partition coefficient (Wildman–Crippen LogP) is 29.5. The Morgan fingerprint density at radius 3 is 1.05 bits per heavy atom. The van der Waals surface area contributed by atoms with Gasteiger partial charge in [-0.05, 0) is 171 Å². The molecule has 18 aromatic carbocycles. The topological polar surface area (TPSA) is 19.7 Å². The van der Waals surface area contributed by atoms with Gasteiger partial charge in [0.15, 0.2) is 0 Å². The molecule has 6 heterocycles. The molecular weight excluding hydrogens is 1370 g/mol. The first-order valence-electron chi connectivity index (χ1n) is 37.7. The van der Waals surface area contributed by atoms with Gasteiger partial charge in [0.2, 0.25) is 0 Å². The second kappa shape index (κ2) is 24.9. The van der Waals surface area contributed by atoms with Gasteiger partial charge in [-0.1, -0.05) is 273 Å². The Hall–Kier alpha value is -13.9. The lowest BCUT2D eigenvalue weighted by atomic mass is 10.00. The third-order valence-electron chi connectivity index (χ3n) is 23.0. The van der Waals surface area contributed by atoms with Crippen molar-refractivity contribution in [2.45, 2.75) is 0 Å². The van der Waals surface area contributed by atoms with Crippen LogP contribution in [-0.4, -0.2) is 18.3 Å². The number of rotatable bonds is 8. The highest BCUT2D eigenvalue weighted by molar-refractivity contribution is 7.27. The summed E-state index contributed by atoms with van der Waals surface area (Å²) >= 11 is 3.77. The zero-order chi connectivity index (χ0) is 72.1. The maximum atomic E-state index is 2.50. The molecule has 0 aliphatic carbocycles. The minimum atomic E-state index is 1.17. The number of thiophene rings is 2. The van der Waals surface area contributed by atoms with E-state index in [1.54, 1.807) is 0 Å². The molecule has 24 aromatic rings. The number of hydrogen-bond donors (Lipinski definition) is 0. The largest absolute Gasteiger partial charge is 0.309 e. The molecule has 0 fully saturated rings. The molecule has 0 unspecified atom stereocenters. The smallest absolute Gasteiger partial charge is 0.0719 e. The predicted molar refractivity (Wildman–Crippen MR) is 473 cm³/mol. The number of benzene rings is 18. The van der Waals surface area contributed by atoms with Crippen LogP contribution in [0.5, 0.6) is 0 Å². The molecule has 0 radical (unpaired) electrons. The van der Waals surface area contributed by atoms with E-state index in [9.17, 15) is 0 Å². The highest BCUT2D eigenvalue weighted by atomic mass is 32.1. The quantitative estimate of drug-likeness (QED) is 0.144. The maximum absolute atomic E-state index is 2.50. The Kier molecular flexibility index (Phi) is 14.1. The van der Waals surface area contributed by atoms with E-state index in [0.717, 1.165) is 0 Å². The third kappa shape index (κ3) is 9.70. The molecule has 6 aromatic heterocycles. The van der Waals surface area contributed by atoms with E-state index in [1.807, 2.05) is 22.7 Å². The molecule has 4 nitrogen and oxygen atoms in total. The van der Waals surface area contributed by atoms with Crippen molar-refractivity contribution in [3.05, 3.63) is 388 Å². The molecule has 110 heavy (non-hydrogen) atoms. The SMILES string of the molecule is c1ccc(-c2cccc(-n3c4ccc(-c5ccc6c(c5)c5ccccc5n6-c5cccc6ccccc56)cc4c4ccc5c6ccccc6sc5c43)c2)cc1.c1ccc(-c2cccc(-n3c4ccc(-c5ccc6c(c5)c5ccccc5n6-c5cccc6ccccc56)cc4c4ccc5sc6ccccc6c5c43)c2)cc1. The van der Waals surface area contributed by atoms with Gasteiger partial charge in [-0.3, -0.25) is 0 Å². The molecule has 0 saturated heterocycles. The summed E-state index contributed by atoms with van der Waals surface area (Å²) < 4.78 is 15.1. The molecule has 0 saturated carbocycles. The second-order valence-electron chi connectivity index (χ2n) is 29.0. The van der Waals surface area contributed by atoms with Gasteiger partial charge in [0.25, 0.3) is 0 Å². The highest BCUT2D eigenvalue weighted by Gasteiger charge is 2.24. The fourth-order valence-corrected chi connectivity index (χ4v) is 20.4. The van der Waals surface area contributed by atoms with Gasteiger partial charge in [0, 0.05) is 101 Å². The molecule has 6 heteroatoms. The maximum Gasteiger partial charge on any atom is 0.0719 e. The number of hydrogen-bond acceptors (Lipinski definition) is 2. The van der Waals surface area contributed by atoms with E-state index in [1.165, 1.54) is 216 Å². The zero-order valence-corrected chi connectivity index (χ0v) is 61.2. The van der Waals surface area contributed by atoms with E-state index in [-0.39, 0.29) is 0 Å². The molecule has 0 aliphatic rings. The van der Waals surface area contributed by atoms with Crippen molar-refractivity contribution in [1.82, 2.24) is 18.3 Å². The number of aromatic nitrogens is 4. The zero-order valence-electron chi connectivity index (χ0n) is 59.6. The monoisotopic (exact) mass is 1430 g/mol. The van der Waals surface area contributed by atoms with Gasteiger partial charge >= 0.3 is 0 Å². The van der Waals surface area contributed by atoms with Gasteiger partial charge in [-0.2, -0.15) is 0 Å². The second-order valence-corrected chi connectivity index (χ2v) is 31.1. The molecule has 0 spiro atoms. The van der Waals surface area contributed by atoms with Crippen LogP contribution in [0.25, 0.3) is 216 Å². The van der Waals surface area contributed by atoms with E-state index in [4.69, 9.17) is 0 Å². The van der Waals surface area contributed by atoms with Crippen molar-refractivity contribution in [3.8, 4) is 67.3 Å². The average molecular weight is 1430 g/mol. The van der Waals surface area contributed by atoms with Crippen LogP contribution < -0.4 is 0 Å². The first kappa shape index (κ1) is 62.3. The Balaban J connectivity index is 0.000000132. The van der Waals surface area contributed by atoms with E-state index >= 15 is 0 Å². The summed E-state index contributed by atoms with van der Waals surface area (Å²) in [5.74, 6) is 0. The molecule has 24 rings (SSSR count). The summed E-state index contributed by atoms with van der Waals surface area (Å²) in [4.78, 5) is 0. The molecule has 0 amide bonds. The first-order valence-corrected chi connectivity index (χ1v) is 39.3. The summed E-state index contributed by atoms with van der Waals surface area (Å²) in [5, 5.41) is 20.3. The minimum Gasteiger partial charge on any atom is -0.309 e. The van der Waals surface area contributed by atoms with Gasteiger partial charge in [-0.25, -0.2) is 0 Å². The third-order valence-corrected chi connectivity index (χ3v) is 25.3. The van der Waals surface area contributed by atoms with Crippen molar-refractivity contribution in [2.24, 2.45) is 0 Å². The Morgan fingerprint density at radius 1 is 0.173 bits per heavy atom. The summed E-state index contributed by atoms with van der Waals surface area (Å²) in [6, 6.07) is 143. The summed E-state index contributed by atoms with van der Waals surface area (Å²) in [6.07, 6.45) is 0. The van der Waals surface area contributed by atoms with Crippen LogP contribution in [0.4, 0.5) is 0 Å². The van der Waals surface area contributed by atoms with Crippen LogP contribution in [0.1, 0.15) is 0 Å². The summed E-state index contributed by atoms with van der Waals surface area (Å²) in [5.41, 5.74) is 24.3. The first-order chi connectivity index (χ1) is 54.6. The lowest BCUT2D eigenvalue weighted by Gasteiger charge is -2.12. The molecule has 0 atom stereocenters. The van der Waals surface area contributed by atoms with Crippen molar-refractivity contribution >= 4 is 172 Å². The average Bonchev–Trinajstić information content (AvgIpc) is 1.56. The Bertz CT molecular complexity index is 7900. The Morgan fingerprint density at radius 2 is 0.527 bits per heavy atom. The van der Waals surface area contributed by atoms with E-state index in [2.05, 4.69) is 407 Å². The van der Waals surface area contributed by atoms with Crippen molar-refractivity contribution in [3.63, 3.8) is 0 Å². The molecule has 512 valence electrons. The van der Waals surface area contributed by atoms with Crippen molar-refractivity contribution in [2.75, 3.05) is 0 Å². The lowest BCUT2D eigenvalue weighted by Crippen LogP contribution is -1.95. The van der Waals surface area contributed by atoms with E-state index in [0.29, 0.717) is 0 Å². The lowest BCUT2D eigenvalue weighted by molar-refractivity contribution is 1.19. The standard InChI is InChI=1S/2C52H32N2S/c1-2-12-33(13-3-1)35-16-10-17-38(30-35)53-48-28-24-37(32-45(48)42-26-27-43-41-20-7-9-23-50(41)55-52(43)51(42)53)36-25-29-49-44(31-36)40-19-6-8-21-47(40)54(49)46-22-11-15-34-14-4-5-18-39(34)46;1-2-12-33(13-3-1)35-16-10-17-38(30-35)53-47-27-24-37(32-44(47)41-26-29-50-51(52(41)53)42-20-7-9-23-49(42)55-50)36-25-28-48-43(31-36)40-19-6-8-21-46(40)54(48)45-22-11-15-34-14-4-5-18-39(34)45/h2*1-32H. The minimum absolute atomic E-state index is 1.17. The number of nitrogens with zero attached hydrogens (tertiary/aromatic N) is 4. The Labute approximate surface area is 640 Å². The van der Waals surface area contributed by atoms with Gasteiger partial charge in [0.1, 0.15) is 0 Å². The van der Waals surface area contributed by atoms with Crippen molar-refractivity contribution in [1.29, 1.82) is 0 Å². The molecular formula is C104H64N4S2. The summed E-state index contributed by atoms with van der Waals surface area (Å²) in [6.45, 7) is 0. The molecule has 0 bridgehead atoms. The van der Waals surface area contributed by atoms with Crippen molar-refractivity contribution < 1.29 is 0 Å². The van der Waals surface area contributed by atoms with Gasteiger partial charge < -0.3 is 18.3 Å². The normalized spacial score (nSPS) is 12.0. The molecule has 0 aliphatic heterocycles. The van der Waals surface area contributed by atoms with Crippen LogP contribution in [0.2, 0.25) is 0 Å². The highest BCUT2D eigenvalue weighted by Crippen LogP contribution is 2.48.